The lowest BCUT2D eigenvalue weighted by molar-refractivity contribution is -0.141. The molecule has 0 fully saturated rings. The zero-order valence-electron chi connectivity index (χ0n) is 11.8. The number of nitrogens with one attached hydrogen (secondary N) is 1. The summed E-state index contributed by atoms with van der Waals surface area (Å²) in [5, 5.41) is 14.1. The highest BCUT2D eigenvalue weighted by atomic mass is 16.7. The molecule has 0 saturated heterocycles. The maximum absolute atomic E-state index is 11.4. The molecule has 1 unspecified atom stereocenters. The molecule has 2 N–H and O–H groups in total. The molecule has 2 heterocycles. The molecule has 0 saturated carbocycles. The van der Waals surface area contributed by atoms with E-state index in [0.717, 1.165) is 10.8 Å². The van der Waals surface area contributed by atoms with Gasteiger partial charge in [0.1, 0.15) is 11.4 Å². The first-order valence-electron chi connectivity index (χ1n) is 6.73. The van der Waals surface area contributed by atoms with Gasteiger partial charge in [0, 0.05) is 11.6 Å². The summed E-state index contributed by atoms with van der Waals surface area (Å²) in [5.41, 5.74) is -1.07. The van der Waals surface area contributed by atoms with Gasteiger partial charge in [-0.15, -0.1) is 0 Å². The summed E-state index contributed by atoms with van der Waals surface area (Å²) in [6.07, 6.45) is 2.08. The molecular formula is C15H16N2O4. The first-order valence-corrected chi connectivity index (χ1v) is 6.73. The molecule has 2 aromatic rings. The Morgan fingerprint density at radius 2 is 2.14 bits per heavy atom. The summed E-state index contributed by atoms with van der Waals surface area (Å²) in [6, 6.07) is 5.55. The fraction of sp³-hybridized carbons (Fsp3) is 0.333. The van der Waals surface area contributed by atoms with Gasteiger partial charge in [0.15, 0.2) is 11.5 Å². The number of pyridine rings is 1. The van der Waals surface area contributed by atoms with Crippen molar-refractivity contribution in [1.82, 2.24) is 4.98 Å². The molecule has 0 radical (unpaired) electrons. The van der Waals surface area contributed by atoms with E-state index in [4.69, 9.17) is 9.47 Å². The lowest BCUT2D eigenvalue weighted by atomic mass is 9.98. The number of carboxylic acid groups (broad SMARTS) is 1. The number of ether oxygens (including phenoxy) is 2. The van der Waals surface area contributed by atoms with Crippen LogP contribution in [0.1, 0.15) is 20.3 Å². The van der Waals surface area contributed by atoms with Crippen LogP contribution in [0.3, 0.4) is 0 Å². The first-order chi connectivity index (χ1) is 10.0. The number of aliphatic carboxylic acids is 1. The Kier molecular flexibility index (Phi) is 3.08. The van der Waals surface area contributed by atoms with E-state index in [2.05, 4.69) is 10.3 Å². The van der Waals surface area contributed by atoms with Gasteiger partial charge in [-0.05, 0) is 36.9 Å². The van der Waals surface area contributed by atoms with Crippen LogP contribution in [-0.4, -0.2) is 28.4 Å². The van der Waals surface area contributed by atoms with Crippen molar-refractivity contribution in [3.63, 3.8) is 0 Å². The Labute approximate surface area is 121 Å². The van der Waals surface area contributed by atoms with Gasteiger partial charge in [-0.2, -0.15) is 0 Å². The van der Waals surface area contributed by atoms with Crippen LogP contribution in [0.5, 0.6) is 11.5 Å². The van der Waals surface area contributed by atoms with Crippen LogP contribution in [0.4, 0.5) is 5.82 Å². The second kappa shape index (κ2) is 4.80. The third-order valence-corrected chi connectivity index (χ3v) is 3.83. The normalized spacial score (nSPS) is 15.7. The first kappa shape index (κ1) is 13.5. The van der Waals surface area contributed by atoms with Crippen LogP contribution < -0.4 is 14.8 Å². The predicted octanol–water partition coefficient (Wildman–Crippen LogP) is 2.63. The largest absolute Gasteiger partial charge is 0.480 e. The maximum Gasteiger partial charge on any atom is 0.329 e. The average Bonchev–Trinajstić information content (AvgIpc) is 2.92. The van der Waals surface area contributed by atoms with Crippen molar-refractivity contribution in [2.75, 3.05) is 12.1 Å². The molecule has 0 bridgehead atoms. The number of rotatable bonds is 4. The van der Waals surface area contributed by atoms with Gasteiger partial charge in [0.2, 0.25) is 6.79 Å². The van der Waals surface area contributed by atoms with E-state index in [1.807, 2.05) is 25.1 Å². The highest BCUT2D eigenvalue weighted by molar-refractivity contribution is 5.96. The highest BCUT2D eigenvalue weighted by Gasteiger charge is 2.32. The van der Waals surface area contributed by atoms with Crippen molar-refractivity contribution in [2.24, 2.45) is 0 Å². The molecule has 110 valence electrons. The fourth-order valence-corrected chi connectivity index (χ4v) is 2.22. The molecule has 1 aliphatic rings. The second-order valence-corrected chi connectivity index (χ2v) is 5.20. The van der Waals surface area contributed by atoms with E-state index in [1.165, 1.54) is 0 Å². The summed E-state index contributed by atoms with van der Waals surface area (Å²) in [7, 11) is 0. The minimum atomic E-state index is -1.07. The predicted molar refractivity (Wildman–Crippen MR) is 77.8 cm³/mol. The van der Waals surface area contributed by atoms with Crippen molar-refractivity contribution in [1.29, 1.82) is 0 Å². The van der Waals surface area contributed by atoms with Crippen LogP contribution in [0, 0.1) is 0 Å². The van der Waals surface area contributed by atoms with Gasteiger partial charge in [0.25, 0.3) is 0 Å². The third-order valence-electron chi connectivity index (χ3n) is 3.83. The summed E-state index contributed by atoms with van der Waals surface area (Å²) < 4.78 is 10.7. The number of nitrogens with zero attached hydrogens (tertiary/aromatic N) is 1. The standard InChI is InChI=1S/C15H16N2O4/c1-3-15(2,14(18)19)17-13-10-7-12-11(20-8-21-12)6-9(10)4-5-16-13/h4-7H,3,8H2,1-2H3,(H,16,17)(H,18,19). The summed E-state index contributed by atoms with van der Waals surface area (Å²) in [5.74, 6) is 0.949. The fourth-order valence-electron chi connectivity index (χ4n) is 2.22. The number of carbonyl (C=O) groups is 1. The van der Waals surface area contributed by atoms with Gasteiger partial charge in [-0.1, -0.05) is 6.92 Å². The van der Waals surface area contributed by atoms with Crippen LogP contribution in [0.25, 0.3) is 10.8 Å². The average molecular weight is 288 g/mol. The van der Waals surface area contributed by atoms with Crippen molar-refractivity contribution in [3.8, 4) is 11.5 Å². The van der Waals surface area contributed by atoms with Crippen LogP contribution in [-0.2, 0) is 4.79 Å². The highest BCUT2D eigenvalue weighted by Crippen LogP contribution is 2.38. The minimum Gasteiger partial charge on any atom is -0.480 e. The maximum atomic E-state index is 11.4. The SMILES string of the molecule is CCC(C)(Nc1nccc2cc3c(cc12)OCO3)C(=O)O. The van der Waals surface area contributed by atoms with Gasteiger partial charge in [-0.3, -0.25) is 0 Å². The molecule has 1 aliphatic heterocycles. The van der Waals surface area contributed by atoms with Crippen LogP contribution in [0.2, 0.25) is 0 Å². The molecule has 0 spiro atoms. The number of benzene rings is 1. The monoisotopic (exact) mass is 288 g/mol. The Morgan fingerprint density at radius 1 is 1.43 bits per heavy atom. The van der Waals surface area contributed by atoms with Gasteiger partial charge >= 0.3 is 5.97 Å². The Bertz CT molecular complexity index is 716. The van der Waals surface area contributed by atoms with E-state index in [9.17, 15) is 9.90 Å². The number of aromatic nitrogens is 1. The quantitative estimate of drug-likeness (QED) is 0.900. The smallest absolute Gasteiger partial charge is 0.329 e. The Hall–Kier alpha value is -2.50. The topological polar surface area (TPSA) is 80.7 Å². The van der Waals surface area contributed by atoms with Crippen molar-refractivity contribution >= 4 is 22.6 Å². The van der Waals surface area contributed by atoms with Crippen molar-refractivity contribution in [2.45, 2.75) is 25.8 Å². The lowest BCUT2D eigenvalue weighted by Crippen LogP contribution is -2.43. The zero-order chi connectivity index (χ0) is 15.0. The van der Waals surface area contributed by atoms with Crippen LogP contribution in [0.15, 0.2) is 24.4 Å². The molecule has 6 heteroatoms. The summed E-state index contributed by atoms with van der Waals surface area (Å²) >= 11 is 0. The number of fused-ring (bicyclic) bond motifs is 2. The second-order valence-electron chi connectivity index (χ2n) is 5.20. The molecule has 0 amide bonds. The third kappa shape index (κ3) is 2.22. The molecular weight excluding hydrogens is 272 g/mol. The van der Waals surface area contributed by atoms with E-state index >= 15 is 0 Å². The summed E-state index contributed by atoms with van der Waals surface area (Å²) in [4.78, 5) is 15.7. The molecule has 6 nitrogen and oxygen atoms in total. The number of carboxylic acids is 1. The van der Waals surface area contributed by atoms with Gasteiger partial charge in [-0.25, -0.2) is 9.78 Å². The molecule has 1 aromatic heterocycles. The van der Waals surface area contributed by atoms with Crippen LogP contribution >= 0.6 is 0 Å². The lowest BCUT2D eigenvalue weighted by Gasteiger charge is -2.25. The molecule has 3 rings (SSSR count). The molecule has 21 heavy (non-hydrogen) atoms. The zero-order valence-corrected chi connectivity index (χ0v) is 11.8. The van der Waals surface area contributed by atoms with E-state index in [1.54, 1.807) is 13.1 Å². The number of anilines is 1. The molecule has 0 aliphatic carbocycles. The van der Waals surface area contributed by atoms with Gasteiger partial charge in [0.05, 0.1) is 0 Å². The Morgan fingerprint density at radius 3 is 2.81 bits per heavy atom. The number of hydrogen-bond donors (Lipinski definition) is 2. The van der Waals surface area contributed by atoms with Crippen molar-refractivity contribution in [3.05, 3.63) is 24.4 Å². The van der Waals surface area contributed by atoms with E-state index in [-0.39, 0.29) is 6.79 Å². The number of hydrogen-bond acceptors (Lipinski definition) is 5. The molecule has 1 aromatic carbocycles. The van der Waals surface area contributed by atoms with E-state index in [0.29, 0.717) is 23.7 Å². The minimum absolute atomic E-state index is 0.198. The Balaban J connectivity index is 2.09. The van der Waals surface area contributed by atoms with Gasteiger partial charge < -0.3 is 19.9 Å². The van der Waals surface area contributed by atoms with Crippen molar-refractivity contribution < 1.29 is 19.4 Å². The molecule has 1 atom stereocenters. The van der Waals surface area contributed by atoms with E-state index < -0.39 is 11.5 Å². The summed E-state index contributed by atoms with van der Waals surface area (Å²) in [6.45, 7) is 3.66.